The van der Waals surface area contributed by atoms with Gasteiger partial charge in [0.25, 0.3) is 0 Å². The number of hydrogen-bond donors (Lipinski definition) is 0. The average molecular weight is 570 g/mol. The molecular formula is C28H43NO11. The molecule has 0 N–H and O–H groups in total. The quantitative estimate of drug-likeness (QED) is 0.261. The third kappa shape index (κ3) is 13.1. The van der Waals surface area contributed by atoms with Crippen LogP contribution < -0.4 is 4.74 Å². The van der Waals surface area contributed by atoms with Gasteiger partial charge in [0.2, 0.25) is 0 Å². The van der Waals surface area contributed by atoms with Crippen molar-refractivity contribution < 1.29 is 52.1 Å². The summed E-state index contributed by atoms with van der Waals surface area (Å²) in [6.45, 7) is 5.95. The molecule has 0 spiro atoms. The van der Waals surface area contributed by atoms with E-state index in [4.69, 9.17) is 52.1 Å². The first-order valence-electron chi connectivity index (χ1n) is 13.6. The number of aromatic nitrogens is 1. The molecule has 2 aromatic rings. The van der Waals surface area contributed by atoms with Gasteiger partial charge < -0.3 is 52.1 Å². The fraction of sp³-hybridized carbons (Fsp3) is 0.679. The summed E-state index contributed by atoms with van der Waals surface area (Å²) in [4.78, 5) is 4.37. The van der Waals surface area contributed by atoms with Crippen molar-refractivity contribution in [2.75, 3.05) is 100 Å². The molecule has 1 aliphatic rings. The van der Waals surface area contributed by atoms with Crippen molar-refractivity contribution in [2.24, 2.45) is 0 Å². The number of ether oxygens (including phenoxy) is 11. The fourth-order valence-corrected chi connectivity index (χ4v) is 3.59. The van der Waals surface area contributed by atoms with Crippen LogP contribution in [0, 0.1) is 0 Å². The summed E-state index contributed by atoms with van der Waals surface area (Å²) in [5.41, 5.74) is -0.123. The number of para-hydroxylation sites is 1. The number of unbranched alkanes of at least 4 members (excludes halogenated alkanes) is 1. The van der Waals surface area contributed by atoms with Gasteiger partial charge in [-0.25, -0.2) is 0 Å². The molecule has 1 aliphatic heterocycles. The zero-order valence-electron chi connectivity index (χ0n) is 23.4. The van der Waals surface area contributed by atoms with Gasteiger partial charge in [0.05, 0.1) is 59.5 Å². The highest BCUT2D eigenvalue weighted by Crippen LogP contribution is 2.22. The standard InChI is InChI=1S/C28H43NO11/c1-2-3-10-31-17-28(18-32-13-11-30-12-15-34-20-36-21-35-16-14-33-19-28)40-24-38-22-37-23-39-26-8-4-6-25-7-5-9-29-27(25)26/h4-9H,2-3,10-24H2,1H3. The molecular weight excluding hydrogens is 526 g/mol. The van der Waals surface area contributed by atoms with Crippen LogP contribution in [-0.4, -0.2) is 111 Å². The van der Waals surface area contributed by atoms with Gasteiger partial charge in [0, 0.05) is 18.2 Å². The molecule has 226 valence electrons. The normalized spacial score (nSPS) is 20.7. The minimum absolute atomic E-state index is 0.00192. The summed E-state index contributed by atoms with van der Waals surface area (Å²) in [7, 11) is 0. The third-order valence-electron chi connectivity index (χ3n) is 5.70. The van der Waals surface area contributed by atoms with E-state index in [2.05, 4.69) is 11.9 Å². The number of fused-ring (bicyclic) bond motifs is 1. The molecule has 2 heterocycles. The maximum absolute atomic E-state index is 6.14. The molecule has 1 aromatic carbocycles. The lowest BCUT2D eigenvalue weighted by Crippen LogP contribution is -2.48. The van der Waals surface area contributed by atoms with Crippen molar-refractivity contribution >= 4 is 10.9 Å². The minimum atomic E-state index is -0.896. The van der Waals surface area contributed by atoms with Crippen molar-refractivity contribution in [3.63, 3.8) is 0 Å². The summed E-state index contributed by atoms with van der Waals surface area (Å²) < 4.78 is 62.1. The van der Waals surface area contributed by atoms with Crippen molar-refractivity contribution in [1.29, 1.82) is 0 Å². The average Bonchev–Trinajstić information content (AvgIpc) is 2.98. The van der Waals surface area contributed by atoms with Gasteiger partial charge in [-0.3, -0.25) is 4.98 Å². The van der Waals surface area contributed by atoms with E-state index in [0.717, 1.165) is 23.7 Å². The van der Waals surface area contributed by atoms with Crippen LogP contribution in [0.5, 0.6) is 5.75 Å². The Kier molecular flexibility index (Phi) is 17.0. The van der Waals surface area contributed by atoms with E-state index in [1.807, 2.05) is 30.3 Å². The van der Waals surface area contributed by atoms with Crippen molar-refractivity contribution in [2.45, 2.75) is 25.4 Å². The van der Waals surface area contributed by atoms with E-state index >= 15 is 0 Å². The number of hydrogen-bond acceptors (Lipinski definition) is 12. The van der Waals surface area contributed by atoms with Gasteiger partial charge in [0.15, 0.2) is 20.4 Å². The Hall–Kier alpha value is -1.97. The monoisotopic (exact) mass is 569 g/mol. The summed E-state index contributed by atoms with van der Waals surface area (Å²) in [6, 6.07) is 9.59. The molecule has 0 radical (unpaired) electrons. The fourth-order valence-electron chi connectivity index (χ4n) is 3.59. The molecule has 40 heavy (non-hydrogen) atoms. The van der Waals surface area contributed by atoms with Gasteiger partial charge in [-0.2, -0.15) is 0 Å². The van der Waals surface area contributed by atoms with Crippen molar-refractivity contribution in [3.8, 4) is 5.75 Å². The topological polar surface area (TPSA) is 114 Å². The van der Waals surface area contributed by atoms with Crippen LogP contribution in [0.3, 0.4) is 0 Å². The number of benzene rings is 1. The van der Waals surface area contributed by atoms with E-state index < -0.39 is 5.60 Å². The molecule has 1 fully saturated rings. The lowest BCUT2D eigenvalue weighted by atomic mass is 10.1. The first kappa shape index (κ1) is 32.5. The predicted octanol–water partition coefficient (Wildman–Crippen LogP) is 3.12. The predicted molar refractivity (Wildman–Crippen MR) is 144 cm³/mol. The molecule has 1 saturated heterocycles. The molecule has 0 aliphatic carbocycles. The van der Waals surface area contributed by atoms with E-state index in [-0.39, 0.29) is 53.8 Å². The van der Waals surface area contributed by atoms with E-state index in [1.54, 1.807) is 6.20 Å². The lowest BCUT2D eigenvalue weighted by molar-refractivity contribution is -0.233. The lowest BCUT2D eigenvalue weighted by Gasteiger charge is -2.33. The molecule has 3 rings (SSSR count). The van der Waals surface area contributed by atoms with Gasteiger partial charge in [-0.1, -0.05) is 31.5 Å². The number of pyridine rings is 1. The van der Waals surface area contributed by atoms with E-state index in [1.165, 1.54) is 0 Å². The maximum Gasteiger partial charge on any atom is 0.191 e. The van der Waals surface area contributed by atoms with Crippen LogP contribution in [0.1, 0.15) is 19.8 Å². The Bertz CT molecular complexity index is 880. The van der Waals surface area contributed by atoms with Crippen LogP contribution in [0.15, 0.2) is 36.5 Å². The van der Waals surface area contributed by atoms with Crippen LogP contribution >= 0.6 is 0 Å². The molecule has 1 aromatic heterocycles. The smallest absolute Gasteiger partial charge is 0.191 e. The zero-order valence-corrected chi connectivity index (χ0v) is 23.4. The number of rotatable bonds is 13. The second-order valence-electron chi connectivity index (χ2n) is 8.94. The summed E-state index contributed by atoms with van der Waals surface area (Å²) in [6.07, 6.45) is 3.70. The highest BCUT2D eigenvalue weighted by atomic mass is 16.8. The molecule has 12 nitrogen and oxygen atoms in total. The van der Waals surface area contributed by atoms with Crippen LogP contribution in [0.25, 0.3) is 10.9 Å². The Labute approximate surface area is 236 Å². The van der Waals surface area contributed by atoms with Crippen molar-refractivity contribution in [3.05, 3.63) is 36.5 Å². The Morgan fingerprint density at radius 2 is 1.45 bits per heavy atom. The summed E-state index contributed by atoms with van der Waals surface area (Å²) >= 11 is 0. The largest absolute Gasteiger partial charge is 0.465 e. The molecule has 1 unspecified atom stereocenters. The second-order valence-corrected chi connectivity index (χ2v) is 8.94. The molecule has 12 heteroatoms. The Morgan fingerprint density at radius 3 is 2.23 bits per heavy atom. The Balaban J connectivity index is 1.46. The Morgan fingerprint density at radius 1 is 0.750 bits per heavy atom. The van der Waals surface area contributed by atoms with Gasteiger partial charge in [0.1, 0.15) is 30.5 Å². The van der Waals surface area contributed by atoms with Crippen LogP contribution in [-0.2, 0) is 47.4 Å². The highest BCUT2D eigenvalue weighted by molar-refractivity contribution is 5.84. The van der Waals surface area contributed by atoms with Gasteiger partial charge in [-0.05, 0) is 18.6 Å². The molecule has 0 bridgehead atoms. The summed E-state index contributed by atoms with van der Waals surface area (Å²) in [5, 5.41) is 0.991. The molecule has 0 saturated carbocycles. The van der Waals surface area contributed by atoms with Crippen molar-refractivity contribution in [1.82, 2.24) is 4.98 Å². The van der Waals surface area contributed by atoms with E-state index in [0.29, 0.717) is 52.0 Å². The minimum Gasteiger partial charge on any atom is -0.465 e. The maximum atomic E-state index is 6.14. The highest BCUT2D eigenvalue weighted by Gasteiger charge is 2.33. The summed E-state index contributed by atoms with van der Waals surface area (Å²) in [5.74, 6) is 0.639. The SMILES string of the molecule is CCCCOCC1(OCOCOCOc2cccc3cccnc23)COCCOCCOCOCOCCOC1. The van der Waals surface area contributed by atoms with E-state index in [9.17, 15) is 0 Å². The van der Waals surface area contributed by atoms with Gasteiger partial charge >= 0.3 is 0 Å². The third-order valence-corrected chi connectivity index (χ3v) is 5.70. The van der Waals surface area contributed by atoms with Crippen LogP contribution in [0.4, 0.5) is 0 Å². The first-order valence-corrected chi connectivity index (χ1v) is 13.6. The number of nitrogens with zero attached hydrogens (tertiary/aromatic N) is 1. The second kappa shape index (κ2) is 20.8. The molecule has 0 amide bonds. The zero-order chi connectivity index (χ0) is 28.0. The molecule has 1 atom stereocenters. The first-order chi connectivity index (χ1) is 19.8. The van der Waals surface area contributed by atoms with Crippen LogP contribution in [0.2, 0.25) is 0 Å². The van der Waals surface area contributed by atoms with Gasteiger partial charge in [-0.15, -0.1) is 0 Å².